The number of aliphatic hydroxyl groups excluding tert-OH is 1. The Labute approximate surface area is 118 Å². The van der Waals surface area contributed by atoms with Gasteiger partial charge in [0, 0.05) is 16.3 Å². The molecule has 1 aromatic heterocycles. The van der Waals surface area contributed by atoms with Crippen molar-refractivity contribution < 1.29 is 5.11 Å². The summed E-state index contributed by atoms with van der Waals surface area (Å²) in [7, 11) is 0. The van der Waals surface area contributed by atoms with Crippen LogP contribution in [0.1, 0.15) is 36.4 Å². The van der Waals surface area contributed by atoms with E-state index in [1.54, 1.807) is 0 Å². The van der Waals surface area contributed by atoms with Gasteiger partial charge in [0.1, 0.15) is 0 Å². The molecule has 0 amide bonds. The maximum absolute atomic E-state index is 10.0. The molecular formula is C15H18N2OS. The molecule has 0 saturated carbocycles. The summed E-state index contributed by atoms with van der Waals surface area (Å²) in [5.41, 5.74) is 2.87. The summed E-state index contributed by atoms with van der Waals surface area (Å²) < 4.78 is 0. The van der Waals surface area contributed by atoms with Crippen LogP contribution >= 0.6 is 11.8 Å². The minimum absolute atomic E-state index is 0.436. The van der Waals surface area contributed by atoms with Gasteiger partial charge in [-0.3, -0.25) is 0 Å². The SMILES string of the molecule is CC[C@@H](O)c1ccccc1Sc1nc(C)cc(C)n1. The van der Waals surface area contributed by atoms with Crippen LogP contribution in [0.3, 0.4) is 0 Å². The van der Waals surface area contributed by atoms with Crippen LogP contribution in [0, 0.1) is 13.8 Å². The topological polar surface area (TPSA) is 46.0 Å². The lowest BCUT2D eigenvalue weighted by atomic mass is 10.1. The van der Waals surface area contributed by atoms with Crippen molar-refractivity contribution in [3.8, 4) is 0 Å². The molecule has 0 aliphatic carbocycles. The van der Waals surface area contributed by atoms with Gasteiger partial charge in [-0.2, -0.15) is 0 Å². The first-order chi connectivity index (χ1) is 9.10. The largest absolute Gasteiger partial charge is 0.388 e. The van der Waals surface area contributed by atoms with E-state index in [1.165, 1.54) is 11.8 Å². The number of aliphatic hydroxyl groups is 1. The highest BCUT2D eigenvalue weighted by atomic mass is 32.2. The first-order valence-electron chi connectivity index (χ1n) is 6.37. The van der Waals surface area contributed by atoms with Crippen LogP contribution in [0.2, 0.25) is 0 Å². The van der Waals surface area contributed by atoms with E-state index >= 15 is 0 Å². The number of benzene rings is 1. The highest BCUT2D eigenvalue weighted by Crippen LogP contribution is 2.32. The van der Waals surface area contributed by atoms with Crippen molar-refractivity contribution in [2.45, 2.75) is 43.3 Å². The van der Waals surface area contributed by atoms with Crippen molar-refractivity contribution >= 4 is 11.8 Å². The van der Waals surface area contributed by atoms with Gasteiger partial charge in [-0.15, -0.1) is 0 Å². The molecule has 2 aromatic rings. The van der Waals surface area contributed by atoms with Crippen molar-refractivity contribution in [2.75, 3.05) is 0 Å². The van der Waals surface area contributed by atoms with Crippen LogP contribution < -0.4 is 0 Å². The fraction of sp³-hybridized carbons (Fsp3) is 0.333. The summed E-state index contributed by atoms with van der Waals surface area (Å²) >= 11 is 1.50. The Kier molecular flexibility index (Phi) is 4.56. The van der Waals surface area contributed by atoms with Gasteiger partial charge in [-0.25, -0.2) is 9.97 Å². The Hall–Kier alpha value is -1.39. The maximum Gasteiger partial charge on any atom is 0.192 e. The van der Waals surface area contributed by atoms with Crippen LogP contribution in [-0.4, -0.2) is 15.1 Å². The molecule has 1 N–H and O–H groups in total. The Morgan fingerprint density at radius 3 is 2.42 bits per heavy atom. The molecule has 4 heteroatoms. The van der Waals surface area contributed by atoms with Crippen LogP contribution in [0.5, 0.6) is 0 Å². The highest BCUT2D eigenvalue weighted by molar-refractivity contribution is 7.99. The van der Waals surface area contributed by atoms with Gasteiger partial charge in [0.2, 0.25) is 0 Å². The van der Waals surface area contributed by atoms with Gasteiger partial charge in [0.15, 0.2) is 5.16 Å². The zero-order valence-electron chi connectivity index (χ0n) is 11.4. The smallest absolute Gasteiger partial charge is 0.192 e. The first kappa shape index (κ1) is 14.0. The van der Waals surface area contributed by atoms with Crippen LogP contribution in [0.15, 0.2) is 40.4 Å². The third-order valence-corrected chi connectivity index (χ3v) is 3.78. The molecule has 0 radical (unpaired) electrons. The standard InChI is InChI=1S/C15H18N2OS/c1-4-13(18)12-7-5-6-8-14(12)19-15-16-10(2)9-11(3)17-15/h5-9,13,18H,4H2,1-3H3/t13-/m1/s1. The summed E-state index contributed by atoms with van der Waals surface area (Å²) in [6, 6.07) is 9.83. The fourth-order valence-corrected chi connectivity index (χ4v) is 2.95. The minimum atomic E-state index is -0.436. The number of hydrogen-bond acceptors (Lipinski definition) is 4. The van der Waals surface area contributed by atoms with E-state index in [0.29, 0.717) is 6.42 Å². The van der Waals surface area contributed by atoms with Gasteiger partial charge < -0.3 is 5.11 Å². The third kappa shape index (κ3) is 3.55. The molecule has 3 nitrogen and oxygen atoms in total. The molecule has 0 aliphatic heterocycles. The number of aromatic nitrogens is 2. The van der Waals surface area contributed by atoms with Crippen LogP contribution in [-0.2, 0) is 0 Å². The molecule has 0 saturated heterocycles. The van der Waals surface area contributed by atoms with E-state index in [1.807, 2.05) is 51.1 Å². The van der Waals surface area contributed by atoms with Gasteiger partial charge in [-0.1, -0.05) is 25.1 Å². The molecular weight excluding hydrogens is 256 g/mol. The molecule has 0 unspecified atom stereocenters. The lowest BCUT2D eigenvalue weighted by molar-refractivity contribution is 0.171. The van der Waals surface area contributed by atoms with Crippen LogP contribution in [0.25, 0.3) is 0 Å². The Bertz CT molecular complexity index is 552. The summed E-state index contributed by atoms with van der Waals surface area (Å²) in [6.07, 6.45) is 0.264. The zero-order valence-corrected chi connectivity index (χ0v) is 12.2. The quantitative estimate of drug-likeness (QED) is 0.864. The molecule has 100 valence electrons. The van der Waals surface area contributed by atoms with E-state index in [-0.39, 0.29) is 0 Å². The Morgan fingerprint density at radius 1 is 1.16 bits per heavy atom. The van der Waals surface area contributed by atoms with E-state index in [4.69, 9.17) is 0 Å². The predicted molar refractivity (Wildman–Crippen MR) is 77.3 cm³/mol. The average molecular weight is 274 g/mol. The van der Waals surface area contributed by atoms with Gasteiger partial charge in [-0.05, 0) is 49.7 Å². The number of hydrogen-bond donors (Lipinski definition) is 1. The highest BCUT2D eigenvalue weighted by Gasteiger charge is 2.12. The second kappa shape index (κ2) is 6.17. The van der Waals surface area contributed by atoms with E-state index in [0.717, 1.165) is 27.0 Å². The Balaban J connectivity index is 2.32. The number of rotatable bonds is 4. The molecule has 1 atom stereocenters. The second-order valence-electron chi connectivity index (χ2n) is 4.50. The van der Waals surface area contributed by atoms with Gasteiger partial charge >= 0.3 is 0 Å². The average Bonchev–Trinajstić information content (AvgIpc) is 2.37. The van der Waals surface area contributed by atoms with Gasteiger partial charge in [0.05, 0.1) is 6.10 Å². The first-order valence-corrected chi connectivity index (χ1v) is 7.19. The summed E-state index contributed by atoms with van der Waals surface area (Å²) in [5, 5.41) is 10.8. The van der Waals surface area contributed by atoms with Crippen molar-refractivity contribution in [3.05, 3.63) is 47.3 Å². The zero-order chi connectivity index (χ0) is 13.8. The van der Waals surface area contributed by atoms with Crippen LogP contribution in [0.4, 0.5) is 0 Å². The molecule has 2 rings (SSSR count). The molecule has 0 spiro atoms. The molecule has 1 heterocycles. The fourth-order valence-electron chi connectivity index (χ4n) is 1.91. The lowest BCUT2D eigenvalue weighted by Gasteiger charge is -2.13. The van der Waals surface area contributed by atoms with Gasteiger partial charge in [0.25, 0.3) is 0 Å². The van der Waals surface area contributed by atoms with E-state index in [9.17, 15) is 5.11 Å². The maximum atomic E-state index is 10.0. The number of nitrogens with zero attached hydrogens (tertiary/aromatic N) is 2. The van der Waals surface area contributed by atoms with Crippen molar-refractivity contribution in [3.63, 3.8) is 0 Å². The summed E-state index contributed by atoms with van der Waals surface area (Å²) in [4.78, 5) is 9.87. The number of aryl methyl sites for hydroxylation is 2. The predicted octanol–water partition coefficient (Wildman–Crippen LogP) is 3.69. The Morgan fingerprint density at radius 2 is 1.79 bits per heavy atom. The molecule has 0 fully saturated rings. The third-order valence-electron chi connectivity index (χ3n) is 2.83. The molecule has 1 aromatic carbocycles. The van der Waals surface area contributed by atoms with Crippen molar-refractivity contribution in [2.24, 2.45) is 0 Å². The minimum Gasteiger partial charge on any atom is -0.388 e. The van der Waals surface area contributed by atoms with E-state index in [2.05, 4.69) is 9.97 Å². The summed E-state index contributed by atoms with van der Waals surface area (Å²) in [6.45, 7) is 5.90. The van der Waals surface area contributed by atoms with Crippen molar-refractivity contribution in [1.29, 1.82) is 0 Å². The molecule has 0 aliphatic rings. The van der Waals surface area contributed by atoms with E-state index < -0.39 is 6.10 Å². The molecule has 19 heavy (non-hydrogen) atoms. The second-order valence-corrected chi connectivity index (χ2v) is 5.51. The summed E-state index contributed by atoms with van der Waals surface area (Å²) in [5.74, 6) is 0. The molecule has 0 bridgehead atoms. The van der Waals surface area contributed by atoms with Crippen molar-refractivity contribution in [1.82, 2.24) is 9.97 Å². The normalized spacial score (nSPS) is 12.4. The lowest BCUT2D eigenvalue weighted by Crippen LogP contribution is -1.98. The monoisotopic (exact) mass is 274 g/mol.